The summed E-state index contributed by atoms with van der Waals surface area (Å²) in [4.78, 5) is 12.3. The minimum Gasteiger partial charge on any atom is -0.493 e. The molecule has 2 rings (SSSR count). The molecular formula is C21H23F2NO3. The maximum absolute atomic E-state index is 12.7. The highest BCUT2D eigenvalue weighted by molar-refractivity contribution is 5.92. The van der Waals surface area contributed by atoms with Gasteiger partial charge in [-0.15, -0.1) is 0 Å². The quantitative estimate of drug-likeness (QED) is 0.707. The maximum Gasteiger partial charge on any atom is 0.387 e. The lowest BCUT2D eigenvalue weighted by molar-refractivity contribution is -0.117. The van der Waals surface area contributed by atoms with Gasteiger partial charge in [0.05, 0.1) is 13.2 Å². The fraction of sp³-hybridized carbons (Fsp3) is 0.286. The molecule has 2 aromatic rings. The molecule has 6 heteroatoms. The van der Waals surface area contributed by atoms with Gasteiger partial charge in [-0.2, -0.15) is 8.78 Å². The van der Waals surface area contributed by atoms with E-state index in [1.165, 1.54) is 25.3 Å². The minimum absolute atomic E-state index is 0.110. The van der Waals surface area contributed by atoms with Crippen molar-refractivity contribution >= 4 is 12.0 Å². The number of halogens is 2. The summed E-state index contributed by atoms with van der Waals surface area (Å²) in [6, 6.07) is 10.6. The Morgan fingerprint density at radius 2 is 1.93 bits per heavy atom. The number of methoxy groups -OCH3 is 1. The Morgan fingerprint density at radius 3 is 2.59 bits per heavy atom. The topological polar surface area (TPSA) is 47.6 Å². The number of nitrogens with one attached hydrogen (secondary N) is 1. The minimum atomic E-state index is -2.99. The van der Waals surface area contributed by atoms with Crippen molar-refractivity contribution in [1.82, 2.24) is 5.32 Å². The van der Waals surface area contributed by atoms with E-state index < -0.39 is 6.61 Å². The Labute approximate surface area is 157 Å². The monoisotopic (exact) mass is 375 g/mol. The van der Waals surface area contributed by atoms with E-state index >= 15 is 0 Å². The first-order valence-corrected chi connectivity index (χ1v) is 8.49. The van der Waals surface area contributed by atoms with Crippen molar-refractivity contribution in [3.05, 3.63) is 64.7 Å². The van der Waals surface area contributed by atoms with Gasteiger partial charge in [0.2, 0.25) is 5.91 Å². The first-order chi connectivity index (χ1) is 12.8. The third kappa shape index (κ3) is 5.54. The van der Waals surface area contributed by atoms with Crippen LogP contribution in [0.15, 0.2) is 42.5 Å². The summed E-state index contributed by atoms with van der Waals surface area (Å²) in [7, 11) is 1.36. The molecule has 0 radical (unpaired) electrons. The number of ether oxygens (including phenoxy) is 2. The molecule has 0 fully saturated rings. The number of rotatable bonds is 7. The summed E-state index contributed by atoms with van der Waals surface area (Å²) in [5.74, 6) is -0.280. The molecule has 1 unspecified atom stereocenters. The molecule has 2 aromatic carbocycles. The van der Waals surface area contributed by atoms with Gasteiger partial charge in [0, 0.05) is 11.6 Å². The van der Waals surface area contributed by atoms with Crippen LogP contribution in [0.3, 0.4) is 0 Å². The molecular weight excluding hydrogens is 352 g/mol. The van der Waals surface area contributed by atoms with E-state index in [0.717, 1.165) is 16.7 Å². The number of carbonyl (C=O) groups is 1. The number of para-hydroxylation sites is 1. The Hall–Kier alpha value is -2.89. The van der Waals surface area contributed by atoms with Gasteiger partial charge in [-0.25, -0.2) is 0 Å². The van der Waals surface area contributed by atoms with Crippen LogP contribution >= 0.6 is 0 Å². The zero-order valence-electron chi connectivity index (χ0n) is 15.8. The van der Waals surface area contributed by atoms with Crippen LogP contribution < -0.4 is 14.8 Å². The van der Waals surface area contributed by atoms with Gasteiger partial charge in [0.1, 0.15) is 0 Å². The molecule has 0 aliphatic heterocycles. The molecule has 0 saturated carbocycles. The predicted molar refractivity (Wildman–Crippen MR) is 101 cm³/mol. The zero-order valence-corrected chi connectivity index (χ0v) is 15.8. The number of carbonyl (C=O) groups excluding carboxylic acids is 1. The third-order valence-corrected chi connectivity index (χ3v) is 4.11. The fourth-order valence-corrected chi connectivity index (χ4v) is 2.77. The van der Waals surface area contributed by atoms with Gasteiger partial charge in [-0.05, 0) is 44.0 Å². The molecule has 0 heterocycles. The molecule has 0 saturated heterocycles. The van der Waals surface area contributed by atoms with Crippen LogP contribution in [-0.2, 0) is 4.79 Å². The van der Waals surface area contributed by atoms with Crippen molar-refractivity contribution in [2.75, 3.05) is 7.11 Å². The van der Waals surface area contributed by atoms with Gasteiger partial charge >= 0.3 is 6.61 Å². The summed E-state index contributed by atoms with van der Waals surface area (Å²) in [6.45, 7) is 2.87. The van der Waals surface area contributed by atoms with Crippen molar-refractivity contribution in [3.63, 3.8) is 0 Å². The second kappa shape index (κ2) is 9.16. The standard InChI is InChI=1S/C21H23F2NO3/c1-13-8-9-14(2)17(12-13)15(3)24-19(25)11-10-16-6-5-7-18(26-4)20(16)27-21(22)23/h5-12,15,21H,1-4H3,(H,24,25)/b11-10+. The number of alkyl halides is 2. The Morgan fingerprint density at radius 1 is 1.19 bits per heavy atom. The van der Waals surface area contributed by atoms with E-state index in [-0.39, 0.29) is 23.4 Å². The number of aryl methyl sites for hydroxylation is 2. The van der Waals surface area contributed by atoms with Crippen LogP contribution in [-0.4, -0.2) is 19.6 Å². The van der Waals surface area contributed by atoms with E-state index in [1.54, 1.807) is 12.1 Å². The highest BCUT2D eigenvalue weighted by Crippen LogP contribution is 2.33. The van der Waals surface area contributed by atoms with E-state index in [9.17, 15) is 13.6 Å². The van der Waals surface area contributed by atoms with Gasteiger partial charge in [0.25, 0.3) is 0 Å². The van der Waals surface area contributed by atoms with Crippen LogP contribution in [0.4, 0.5) is 8.78 Å². The Bertz CT molecular complexity index is 834. The van der Waals surface area contributed by atoms with E-state index in [1.807, 2.05) is 39.0 Å². The summed E-state index contributed by atoms with van der Waals surface area (Å²) < 4.78 is 34.9. The lowest BCUT2D eigenvalue weighted by Crippen LogP contribution is -2.25. The number of hydrogen-bond donors (Lipinski definition) is 1. The molecule has 0 aromatic heterocycles. The average Bonchev–Trinajstić information content (AvgIpc) is 2.62. The van der Waals surface area contributed by atoms with Crippen molar-refractivity contribution in [2.45, 2.75) is 33.4 Å². The number of amides is 1. The van der Waals surface area contributed by atoms with Gasteiger partial charge < -0.3 is 14.8 Å². The van der Waals surface area contributed by atoms with Crippen molar-refractivity contribution in [1.29, 1.82) is 0 Å². The first kappa shape index (κ1) is 20.4. The second-order valence-electron chi connectivity index (χ2n) is 6.18. The Balaban J connectivity index is 2.16. The molecule has 4 nitrogen and oxygen atoms in total. The molecule has 0 bridgehead atoms. The lowest BCUT2D eigenvalue weighted by atomic mass is 10.00. The van der Waals surface area contributed by atoms with Crippen LogP contribution in [0.5, 0.6) is 11.5 Å². The smallest absolute Gasteiger partial charge is 0.387 e. The molecule has 1 atom stereocenters. The van der Waals surface area contributed by atoms with Crippen molar-refractivity contribution in [2.24, 2.45) is 0 Å². The van der Waals surface area contributed by atoms with E-state index in [4.69, 9.17) is 4.74 Å². The summed E-state index contributed by atoms with van der Waals surface area (Å²) in [6.07, 6.45) is 2.71. The van der Waals surface area contributed by atoms with Gasteiger partial charge in [-0.3, -0.25) is 4.79 Å². The van der Waals surface area contributed by atoms with Crippen LogP contribution in [0.1, 0.15) is 35.2 Å². The first-order valence-electron chi connectivity index (χ1n) is 8.49. The van der Waals surface area contributed by atoms with Gasteiger partial charge in [-0.1, -0.05) is 35.9 Å². The lowest BCUT2D eigenvalue weighted by Gasteiger charge is -2.16. The van der Waals surface area contributed by atoms with Gasteiger partial charge in [0.15, 0.2) is 11.5 Å². The second-order valence-corrected chi connectivity index (χ2v) is 6.18. The van der Waals surface area contributed by atoms with E-state index in [2.05, 4.69) is 10.1 Å². The molecule has 1 N–H and O–H groups in total. The normalized spacial score (nSPS) is 12.3. The molecule has 0 aliphatic carbocycles. The van der Waals surface area contributed by atoms with Crippen molar-refractivity contribution in [3.8, 4) is 11.5 Å². The molecule has 27 heavy (non-hydrogen) atoms. The van der Waals surface area contributed by atoms with Crippen LogP contribution in [0, 0.1) is 13.8 Å². The average molecular weight is 375 g/mol. The number of benzene rings is 2. The fourth-order valence-electron chi connectivity index (χ4n) is 2.77. The van der Waals surface area contributed by atoms with E-state index in [0.29, 0.717) is 5.56 Å². The highest BCUT2D eigenvalue weighted by atomic mass is 19.3. The molecule has 144 valence electrons. The zero-order chi connectivity index (χ0) is 20.0. The summed E-state index contributed by atoms with van der Waals surface area (Å²) in [5.41, 5.74) is 3.54. The number of hydrogen-bond acceptors (Lipinski definition) is 3. The molecule has 0 spiro atoms. The molecule has 0 aliphatic rings. The predicted octanol–water partition coefficient (Wildman–Crippen LogP) is 4.80. The highest BCUT2D eigenvalue weighted by Gasteiger charge is 2.15. The van der Waals surface area contributed by atoms with Crippen molar-refractivity contribution < 1.29 is 23.0 Å². The summed E-state index contributed by atoms with van der Waals surface area (Å²) >= 11 is 0. The molecule has 1 amide bonds. The van der Waals surface area contributed by atoms with Crippen LogP contribution in [0.25, 0.3) is 6.08 Å². The Kier molecular flexibility index (Phi) is 6.93. The summed E-state index contributed by atoms with van der Waals surface area (Å²) in [5, 5.41) is 2.88. The SMILES string of the molecule is COc1cccc(/C=C/C(=O)NC(C)c2cc(C)ccc2C)c1OC(F)F. The third-order valence-electron chi connectivity index (χ3n) is 4.11. The maximum atomic E-state index is 12.7. The van der Waals surface area contributed by atoms with Crippen LogP contribution in [0.2, 0.25) is 0 Å². The largest absolute Gasteiger partial charge is 0.493 e.